The molecule has 2 atom stereocenters. The number of hydrogen-bond acceptors (Lipinski definition) is 5. The molecule has 5 nitrogen and oxygen atoms in total. The number of hydrogen-bond donors (Lipinski definition) is 1. The van der Waals surface area contributed by atoms with Crippen LogP contribution in [0.3, 0.4) is 0 Å². The lowest BCUT2D eigenvalue weighted by molar-refractivity contribution is -0.128. The standard InChI is InChI=1S/C15H23N3O2S.ClH/c1-10-14(11(2)20-17-10)8-21-9-15(19)18-6-5-12-3-4-13(7-18)16-12;/h12-13,16H,3-9H2,1-2H3;1H. The number of rotatable bonds is 4. The number of nitrogens with one attached hydrogen (secondary N) is 1. The summed E-state index contributed by atoms with van der Waals surface area (Å²) < 4.78 is 5.15. The van der Waals surface area contributed by atoms with Crippen molar-refractivity contribution in [1.82, 2.24) is 15.4 Å². The minimum Gasteiger partial charge on any atom is -0.361 e. The highest BCUT2D eigenvalue weighted by Crippen LogP contribution is 2.22. The molecule has 2 bridgehead atoms. The Kier molecular flexibility index (Phi) is 6.17. The molecule has 1 aromatic rings. The first-order valence-corrected chi connectivity index (χ1v) is 8.82. The number of amides is 1. The van der Waals surface area contributed by atoms with Crippen molar-refractivity contribution in [2.24, 2.45) is 0 Å². The van der Waals surface area contributed by atoms with Crippen LogP contribution in [-0.2, 0) is 10.5 Å². The van der Waals surface area contributed by atoms with E-state index in [1.54, 1.807) is 11.8 Å². The normalized spacial score (nSPS) is 24.0. The third-order valence-corrected chi connectivity index (χ3v) is 5.47. The molecule has 2 fully saturated rings. The Hall–Kier alpha value is -0.720. The Balaban J connectivity index is 0.00000176. The van der Waals surface area contributed by atoms with Crippen molar-refractivity contribution in [1.29, 1.82) is 0 Å². The van der Waals surface area contributed by atoms with Gasteiger partial charge >= 0.3 is 0 Å². The number of carbonyl (C=O) groups excluding carboxylic acids is 1. The third kappa shape index (κ3) is 3.97. The van der Waals surface area contributed by atoms with Crippen molar-refractivity contribution in [3.8, 4) is 0 Å². The summed E-state index contributed by atoms with van der Waals surface area (Å²) in [6.45, 7) is 5.65. The number of aromatic nitrogens is 1. The van der Waals surface area contributed by atoms with Crippen LogP contribution >= 0.6 is 24.2 Å². The number of nitrogens with zero attached hydrogens (tertiary/aromatic N) is 2. The number of aryl methyl sites for hydroxylation is 2. The molecule has 0 spiro atoms. The van der Waals surface area contributed by atoms with Crippen molar-refractivity contribution in [2.45, 2.75) is 50.9 Å². The van der Waals surface area contributed by atoms with Crippen LogP contribution < -0.4 is 5.32 Å². The molecule has 0 aliphatic carbocycles. The third-order valence-electron chi connectivity index (χ3n) is 4.53. The summed E-state index contributed by atoms with van der Waals surface area (Å²) in [4.78, 5) is 14.4. The van der Waals surface area contributed by atoms with Crippen molar-refractivity contribution in [3.05, 3.63) is 17.0 Å². The van der Waals surface area contributed by atoms with Gasteiger partial charge < -0.3 is 14.7 Å². The lowest BCUT2D eigenvalue weighted by Crippen LogP contribution is -2.39. The van der Waals surface area contributed by atoms with Gasteiger partial charge in [-0.15, -0.1) is 24.2 Å². The smallest absolute Gasteiger partial charge is 0.232 e. The summed E-state index contributed by atoms with van der Waals surface area (Å²) in [5, 5.41) is 7.56. The largest absolute Gasteiger partial charge is 0.361 e. The highest BCUT2D eigenvalue weighted by atomic mass is 35.5. The van der Waals surface area contributed by atoms with E-state index in [1.165, 1.54) is 12.8 Å². The second kappa shape index (κ2) is 7.70. The fraction of sp³-hybridized carbons (Fsp3) is 0.733. The average molecular weight is 346 g/mol. The van der Waals surface area contributed by atoms with E-state index in [0.717, 1.165) is 42.3 Å². The molecule has 1 aromatic heterocycles. The molecule has 1 amide bonds. The predicted molar refractivity (Wildman–Crippen MR) is 90.5 cm³/mol. The van der Waals surface area contributed by atoms with Crippen LogP contribution in [0, 0.1) is 13.8 Å². The molecule has 0 saturated carbocycles. The van der Waals surface area contributed by atoms with Gasteiger partial charge in [-0.2, -0.15) is 0 Å². The quantitative estimate of drug-likeness (QED) is 0.907. The van der Waals surface area contributed by atoms with Gasteiger partial charge in [0.25, 0.3) is 0 Å². The minimum absolute atomic E-state index is 0. The predicted octanol–water partition coefficient (Wildman–Crippen LogP) is 2.30. The lowest BCUT2D eigenvalue weighted by atomic mass is 10.1. The van der Waals surface area contributed by atoms with Crippen LogP contribution in [0.2, 0.25) is 0 Å². The fourth-order valence-electron chi connectivity index (χ4n) is 3.21. The van der Waals surface area contributed by atoms with E-state index in [2.05, 4.69) is 10.5 Å². The molecular formula is C15H24ClN3O2S. The first-order chi connectivity index (χ1) is 10.1. The Bertz CT molecular complexity index is 503. The molecule has 1 N–H and O–H groups in total. The summed E-state index contributed by atoms with van der Waals surface area (Å²) in [5.41, 5.74) is 2.06. The van der Waals surface area contributed by atoms with Gasteiger partial charge in [0, 0.05) is 36.5 Å². The van der Waals surface area contributed by atoms with Crippen LogP contribution in [-0.4, -0.2) is 46.9 Å². The SMILES string of the molecule is Cc1noc(C)c1CSCC(=O)N1CCC2CCC(C1)N2.Cl. The Morgan fingerprint density at radius 3 is 2.86 bits per heavy atom. The highest BCUT2D eigenvalue weighted by molar-refractivity contribution is 7.99. The second-order valence-electron chi connectivity index (χ2n) is 6.06. The van der Waals surface area contributed by atoms with Crippen molar-refractivity contribution < 1.29 is 9.32 Å². The molecule has 2 saturated heterocycles. The van der Waals surface area contributed by atoms with E-state index in [9.17, 15) is 4.79 Å². The summed E-state index contributed by atoms with van der Waals surface area (Å²) in [6.07, 6.45) is 3.57. The average Bonchev–Trinajstić information content (AvgIpc) is 2.94. The number of likely N-dealkylation sites (tertiary alicyclic amines) is 1. The van der Waals surface area contributed by atoms with E-state index in [0.29, 0.717) is 17.8 Å². The Morgan fingerprint density at radius 1 is 1.36 bits per heavy atom. The number of halogens is 1. The molecule has 3 rings (SSSR count). The monoisotopic (exact) mass is 345 g/mol. The number of thioether (sulfide) groups is 1. The van der Waals surface area contributed by atoms with Gasteiger partial charge in [0.15, 0.2) is 0 Å². The molecule has 22 heavy (non-hydrogen) atoms. The van der Waals surface area contributed by atoms with Gasteiger partial charge in [0.2, 0.25) is 5.91 Å². The van der Waals surface area contributed by atoms with Crippen molar-refractivity contribution >= 4 is 30.1 Å². The Labute approximate surface area is 142 Å². The molecule has 124 valence electrons. The van der Waals surface area contributed by atoms with Gasteiger partial charge in [0.1, 0.15) is 5.76 Å². The summed E-state index contributed by atoms with van der Waals surface area (Å²) in [6, 6.07) is 1.14. The molecule has 0 radical (unpaired) electrons. The topological polar surface area (TPSA) is 58.4 Å². The van der Waals surface area contributed by atoms with E-state index in [4.69, 9.17) is 4.52 Å². The first-order valence-electron chi connectivity index (χ1n) is 7.67. The molecule has 2 aliphatic heterocycles. The van der Waals surface area contributed by atoms with Crippen LogP contribution in [0.15, 0.2) is 4.52 Å². The molecule has 0 aromatic carbocycles. The summed E-state index contributed by atoms with van der Waals surface area (Å²) >= 11 is 1.66. The Morgan fingerprint density at radius 2 is 2.14 bits per heavy atom. The van der Waals surface area contributed by atoms with Crippen LogP contribution in [0.1, 0.15) is 36.3 Å². The highest BCUT2D eigenvalue weighted by Gasteiger charge is 2.30. The van der Waals surface area contributed by atoms with Crippen molar-refractivity contribution in [3.63, 3.8) is 0 Å². The van der Waals surface area contributed by atoms with E-state index < -0.39 is 0 Å². The zero-order valence-corrected chi connectivity index (χ0v) is 14.8. The van der Waals surface area contributed by atoms with Gasteiger partial charge in [-0.25, -0.2) is 0 Å². The van der Waals surface area contributed by atoms with Crippen LogP contribution in [0.5, 0.6) is 0 Å². The first kappa shape index (κ1) is 17.6. The summed E-state index contributed by atoms with van der Waals surface area (Å²) in [5.74, 6) is 2.47. The van der Waals surface area contributed by atoms with Gasteiger partial charge in [-0.05, 0) is 33.1 Å². The van der Waals surface area contributed by atoms with Crippen LogP contribution in [0.25, 0.3) is 0 Å². The lowest BCUT2D eigenvalue weighted by Gasteiger charge is -2.24. The van der Waals surface area contributed by atoms with Gasteiger partial charge in [0.05, 0.1) is 11.4 Å². The van der Waals surface area contributed by atoms with E-state index in [1.807, 2.05) is 18.7 Å². The molecule has 2 unspecified atom stereocenters. The van der Waals surface area contributed by atoms with Gasteiger partial charge in [-0.3, -0.25) is 4.79 Å². The maximum absolute atomic E-state index is 12.4. The molecular weight excluding hydrogens is 322 g/mol. The number of fused-ring (bicyclic) bond motifs is 2. The van der Waals surface area contributed by atoms with E-state index in [-0.39, 0.29) is 18.3 Å². The second-order valence-corrected chi connectivity index (χ2v) is 7.05. The maximum Gasteiger partial charge on any atom is 0.232 e. The van der Waals surface area contributed by atoms with Gasteiger partial charge in [-0.1, -0.05) is 5.16 Å². The van der Waals surface area contributed by atoms with E-state index >= 15 is 0 Å². The zero-order chi connectivity index (χ0) is 14.8. The molecule has 2 aliphatic rings. The summed E-state index contributed by atoms with van der Waals surface area (Å²) in [7, 11) is 0. The van der Waals surface area contributed by atoms with Crippen molar-refractivity contribution in [2.75, 3.05) is 18.8 Å². The maximum atomic E-state index is 12.4. The molecule has 7 heteroatoms. The minimum atomic E-state index is 0. The zero-order valence-electron chi connectivity index (χ0n) is 13.1. The molecule has 3 heterocycles. The fourth-order valence-corrected chi connectivity index (χ4v) is 4.28. The van der Waals surface area contributed by atoms with Crippen LogP contribution in [0.4, 0.5) is 0 Å². The number of carbonyl (C=O) groups is 1.